The summed E-state index contributed by atoms with van der Waals surface area (Å²) in [6, 6.07) is 12.6. The fraction of sp³-hybridized carbons (Fsp3) is 0.174. The van der Waals surface area contributed by atoms with E-state index in [0.29, 0.717) is 11.4 Å². The Morgan fingerprint density at radius 2 is 1.78 bits per heavy atom. The molecule has 4 rings (SSSR count). The van der Waals surface area contributed by atoms with Gasteiger partial charge in [-0.15, -0.1) is 0 Å². The topological polar surface area (TPSA) is 160 Å². The van der Waals surface area contributed by atoms with Crippen LogP contribution in [0.25, 0.3) is 0 Å². The Morgan fingerprint density at radius 3 is 2.44 bits per heavy atom. The maximum atomic E-state index is 12.8. The number of nitro benzene ring substituents is 1. The van der Waals surface area contributed by atoms with Crippen LogP contribution in [0.5, 0.6) is 11.5 Å². The number of aryl methyl sites for hydroxylation is 2. The van der Waals surface area contributed by atoms with Crippen LogP contribution >= 0.6 is 0 Å². The van der Waals surface area contributed by atoms with Crippen molar-refractivity contribution in [2.45, 2.75) is 27.4 Å². The van der Waals surface area contributed by atoms with E-state index >= 15 is 0 Å². The fourth-order valence-electron chi connectivity index (χ4n) is 3.62. The highest BCUT2D eigenvalue weighted by Crippen LogP contribution is 2.30. The second kappa shape index (κ2) is 9.66. The Balaban J connectivity index is 1.52. The molecular formula is C23H21N7O6. The lowest BCUT2D eigenvalue weighted by Crippen LogP contribution is -2.16. The third kappa shape index (κ3) is 5.19. The monoisotopic (exact) mass is 491 g/mol. The van der Waals surface area contributed by atoms with Crippen molar-refractivity contribution < 1.29 is 19.4 Å². The van der Waals surface area contributed by atoms with Gasteiger partial charge in [0.1, 0.15) is 29.6 Å². The molecule has 1 amide bonds. The molecule has 0 aliphatic rings. The lowest BCUT2D eigenvalue weighted by atomic mass is 10.2. The van der Waals surface area contributed by atoms with Crippen molar-refractivity contribution >= 4 is 23.0 Å². The molecule has 4 aromatic rings. The maximum absolute atomic E-state index is 12.8. The van der Waals surface area contributed by atoms with Gasteiger partial charge >= 0.3 is 5.69 Å². The molecule has 0 saturated heterocycles. The first-order valence-electron chi connectivity index (χ1n) is 10.7. The average Bonchev–Trinajstić information content (AvgIpc) is 3.37. The molecule has 0 aliphatic heterocycles. The Morgan fingerprint density at radius 1 is 1.00 bits per heavy atom. The van der Waals surface area contributed by atoms with Crippen molar-refractivity contribution in [2.24, 2.45) is 0 Å². The number of aromatic nitrogens is 4. The van der Waals surface area contributed by atoms with E-state index in [1.165, 1.54) is 39.8 Å². The zero-order valence-corrected chi connectivity index (χ0v) is 19.5. The van der Waals surface area contributed by atoms with Gasteiger partial charge in [0.05, 0.1) is 21.6 Å². The average molecular weight is 491 g/mol. The van der Waals surface area contributed by atoms with Gasteiger partial charge in [0.2, 0.25) is 0 Å². The number of nitrogens with one attached hydrogen (secondary N) is 1. The normalized spacial score (nSPS) is 10.8. The van der Waals surface area contributed by atoms with E-state index in [1.54, 1.807) is 32.0 Å². The van der Waals surface area contributed by atoms with Gasteiger partial charge in [-0.1, -0.05) is 12.1 Å². The molecule has 0 aliphatic carbocycles. The van der Waals surface area contributed by atoms with E-state index in [0.717, 1.165) is 5.56 Å². The van der Waals surface area contributed by atoms with E-state index in [1.807, 2.05) is 13.0 Å². The number of hydrogen-bond acceptors (Lipinski definition) is 8. The molecule has 0 radical (unpaired) electrons. The van der Waals surface area contributed by atoms with E-state index < -0.39 is 15.8 Å². The number of carbonyl (C=O) groups excluding carboxylic acids is 1. The number of nitrogens with zero attached hydrogens (tertiary/aromatic N) is 6. The summed E-state index contributed by atoms with van der Waals surface area (Å²) in [6.07, 6.45) is 1.52. The van der Waals surface area contributed by atoms with E-state index in [2.05, 4.69) is 15.5 Å². The maximum Gasteiger partial charge on any atom is 0.312 e. The molecule has 0 spiro atoms. The molecule has 13 nitrogen and oxygen atoms in total. The number of carbonyl (C=O) groups is 1. The van der Waals surface area contributed by atoms with Gasteiger partial charge in [-0.2, -0.15) is 10.2 Å². The summed E-state index contributed by atoms with van der Waals surface area (Å²) in [5.41, 5.74) is 1.45. The molecular weight excluding hydrogens is 470 g/mol. The van der Waals surface area contributed by atoms with Gasteiger partial charge < -0.3 is 10.1 Å². The largest absolute Gasteiger partial charge is 0.457 e. The summed E-state index contributed by atoms with van der Waals surface area (Å²) >= 11 is 0. The van der Waals surface area contributed by atoms with Gasteiger partial charge in [-0.25, -0.2) is 4.68 Å². The van der Waals surface area contributed by atoms with Crippen LogP contribution in [-0.2, 0) is 6.67 Å². The molecule has 2 aromatic carbocycles. The summed E-state index contributed by atoms with van der Waals surface area (Å²) in [5, 5.41) is 33.6. The van der Waals surface area contributed by atoms with Crippen molar-refractivity contribution in [2.75, 3.05) is 5.32 Å². The first kappa shape index (κ1) is 24.1. The Bertz CT molecular complexity index is 1490. The Labute approximate surface area is 204 Å². The third-order valence-corrected chi connectivity index (χ3v) is 5.26. The van der Waals surface area contributed by atoms with Gasteiger partial charge in [0.25, 0.3) is 11.6 Å². The molecule has 0 saturated carbocycles. The van der Waals surface area contributed by atoms with Crippen LogP contribution in [0.1, 0.15) is 27.4 Å². The Hall–Kier alpha value is -5.07. The summed E-state index contributed by atoms with van der Waals surface area (Å²) in [5.74, 6) is 0.0766. The lowest BCUT2D eigenvalue weighted by molar-refractivity contribution is -0.386. The minimum absolute atomic E-state index is 0.0405. The van der Waals surface area contributed by atoms with Crippen LogP contribution in [0.3, 0.4) is 0 Å². The number of amides is 1. The van der Waals surface area contributed by atoms with Gasteiger partial charge in [-0.05, 0) is 44.5 Å². The zero-order chi connectivity index (χ0) is 26.0. The smallest absolute Gasteiger partial charge is 0.312 e. The number of hydrogen-bond donors (Lipinski definition) is 1. The fourth-order valence-corrected chi connectivity index (χ4v) is 3.62. The number of nitro groups is 2. The number of non-ortho nitro benzene ring substituents is 1. The second-order valence-corrected chi connectivity index (χ2v) is 8.00. The molecule has 184 valence electrons. The van der Waals surface area contributed by atoms with Gasteiger partial charge in [-0.3, -0.25) is 29.7 Å². The standard InChI is InChI=1S/C23H21N7O6/c1-14-5-4-6-19(9-14)36-20-11-17(10-18(12-20)29(32)33)24-23(31)21-7-8-27(26-21)13-28-16(3)22(30(34)35)15(2)25-28/h4-12H,13H2,1-3H3,(H,24,31). The third-order valence-electron chi connectivity index (χ3n) is 5.26. The number of ether oxygens (including phenoxy) is 1. The molecule has 1 N–H and O–H groups in total. The van der Waals surface area contributed by atoms with Crippen molar-refractivity contribution in [3.63, 3.8) is 0 Å². The van der Waals surface area contributed by atoms with Crippen LogP contribution in [0.15, 0.2) is 54.7 Å². The highest BCUT2D eigenvalue weighted by Gasteiger charge is 2.22. The molecule has 0 bridgehead atoms. The number of rotatable bonds is 8. The summed E-state index contributed by atoms with van der Waals surface area (Å²) in [4.78, 5) is 34.3. The first-order chi connectivity index (χ1) is 17.1. The predicted octanol–water partition coefficient (Wildman–Crippen LogP) is 4.37. The molecule has 2 heterocycles. The van der Waals surface area contributed by atoms with Gasteiger partial charge in [0.15, 0.2) is 5.69 Å². The van der Waals surface area contributed by atoms with Gasteiger partial charge in [0, 0.05) is 18.3 Å². The summed E-state index contributed by atoms with van der Waals surface area (Å²) in [6.45, 7) is 5.06. The highest BCUT2D eigenvalue weighted by atomic mass is 16.6. The van der Waals surface area contributed by atoms with Crippen LogP contribution in [0, 0.1) is 41.0 Å². The van der Waals surface area contributed by atoms with E-state index in [9.17, 15) is 25.0 Å². The molecule has 13 heteroatoms. The SMILES string of the molecule is Cc1cccc(Oc2cc(NC(=O)c3ccn(Cn4nc(C)c([N+](=O)[O-])c4C)n3)cc([N+](=O)[O-])c2)c1. The highest BCUT2D eigenvalue weighted by molar-refractivity contribution is 6.03. The predicted molar refractivity (Wildman–Crippen MR) is 128 cm³/mol. The molecule has 36 heavy (non-hydrogen) atoms. The first-order valence-corrected chi connectivity index (χ1v) is 10.7. The van der Waals surface area contributed by atoms with Crippen molar-refractivity contribution in [1.82, 2.24) is 19.6 Å². The minimum Gasteiger partial charge on any atom is -0.457 e. The molecule has 0 unspecified atom stereocenters. The van der Waals surface area contributed by atoms with Crippen molar-refractivity contribution in [3.8, 4) is 11.5 Å². The van der Waals surface area contributed by atoms with Crippen LogP contribution in [-0.4, -0.2) is 35.3 Å². The lowest BCUT2D eigenvalue weighted by Gasteiger charge is -2.09. The zero-order valence-electron chi connectivity index (χ0n) is 19.5. The van der Waals surface area contributed by atoms with Crippen LogP contribution in [0.4, 0.5) is 17.1 Å². The van der Waals surface area contributed by atoms with E-state index in [-0.39, 0.29) is 40.9 Å². The van der Waals surface area contributed by atoms with Crippen molar-refractivity contribution in [1.29, 1.82) is 0 Å². The van der Waals surface area contributed by atoms with E-state index in [4.69, 9.17) is 4.74 Å². The van der Waals surface area contributed by atoms with Crippen molar-refractivity contribution in [3.05, 3.63) is 97.6 Å². The summed E-state index contributed by atoms with van der Waals surface area (Å²) in [7, 11) is 0. The quantitative estimate of drug-likeness (QED) is 0.281. The second-order valence-electron chi connectivity index (χ2n) is 8.00. The van der Waals surface area contributed by atoms with Crippen LogP contribution in [0.2, 0.25) is 0 Å². The molecule has 2 aromatic heterocycles. The Kier molecular flexibility index (Phi) is 6.46. The molecule has 0 fully saturated rings. The summed E-state index contributed by atoms with van der Waals surface area (Å²) < 4.78 is 8.57. The number of benzene rings is 2. The number of anilines is 1. The molecule has 0 atom stereocenters. The minimum atomic E-state index is -0.602. The van der Waals surface area contributed by atoms with Crippen LogP contribution < -0.4 is 10.1 Å².